The third-order valence-electron chi connectivity index (χ3n) is 5.34. The zero-order chi connectivity index (χ0) is 26.0. The molecule has 0 aromatic rings. The van der Waals surface area contributed by atoms with E-state index in [2.05, 4.69) is 31.2 Å². The fourth-order valence-electron chi connectivity index (χ4n) is 3.30. The van der Waals surface area contributed by atoms with Gasteiger partial charge in [0.15, 0.2) is 0 Å². The van der Waals surface area contributed by atoms with Gasteiger partial charge in [-0.05, 0) is 78.4 Å². The summed E-state index contributed by atoms with van der Waals surface area (Å²) in [4.78, 5) is 13.9. The van der Waals surface area contributed by atoms with Gasteiger partial charge in [0, 0.05) is 20.0 Å². The summed E-state index contributed by atoms with van der Waals surface area (Å²) >= 11 is 0. The van der Waals surface area contributed by atoms with Gasteiger partial charge in [0.1, 0.15) is 0 Å². The first kappa shape index (κ1) is 34.0. The molecule has 0 amide bonds. The molecule has 0 aliphatic rings. The first-order chi connectivity index (χ1) is 16.9. The lowest BCUT2D eigenvalue weighted by molar-refractivity contribution is -0.144. The highest BCUT2D eigenvalue weighted by atomic mass is 31.2. The standard InChI is InChI=1S/C27H52NO6P/c1-5-6-7-8-9-10-11-12-13-14-15-16-17-18-19-22-27(29)32-24-21-26-34-35(30,31-4)33-25-20-23-28(2)3/h6-7,12-13H,5,8-11,14-26H2,1-4H3/b7-6-,13-12-. The quantitative estimate of drug-likeness (QED) is 0.0538. The molecule has 35 heavy (non-hydrogen) atoms. The molecule has 1 atom stereocenters. The van der Waals surface area contributed by atoms with Gasteiger partial charge in [-0.1, -0.05) is 50.5 Å². The number of carbonyl (C=O) groups excluding carboxylic acids is 1. The fraction of sp³-hybridized carbons (Fsp3) is 0.815. The third kappa shape index (κ3) is 24.5. The van der Waals surface area contributed by atoms with Gasteiger partial charge in [0.2, 0.25) is 0 Å². The van der Waals surface area contributed by atoms with Crippen LogP contribution in [0, 0.1) is 0 Å². The van der Waals surface area contributed by atoms with Crippen LogP contribution in [0.1, 0.15) is 96.8 Å². The van der Waals surface area contributed by atoms with E-state index in [0.29, 0.717) is 19.4 Å². The summed E-state index contributed by atoms with van der Waals surface area (Å²) in [5.74, 6) is -0.187. The van der Waals surface area contributed by atoms with Gasteiger partial charge in [-0.3, -0.25) is 18.4 Å². The topological polar surface area (TPSA) is 74.3 Å². The molecular weight excluding hydrogens is 465 g/mol. The van der Waals surface area contributed by atoms with E-state index in [1.165, 1.54) is 45.6 Å². The molecule has 0 N–H and O–H groups in total. The summed E-state index contributed by atoms with van der Waals surface area (Å²) in [5, 5.41) is 0. The Bertz CT molecular complexity index is 594. The Morgan fingerprint density at radius 1 is 0.743 bits per heavy atom. The summed E-state index contributed by atoms with van der Waals surface area (Å²) in [6, 6.07) is 0. The average Bonchev–Trinajstić information content (AvgIpc) is 2.84. The number of carbonyl (C=O) groups is 1. The number of esters is 1. The molecule has 0 radical (unpaired) electrons. The molecule has 8 heteroatoms. The van der Waals surface area contributed by atoms with Gasteiger partial charge in [0.25, 0.3) is 0 Å². The third-order valence-corrected chi connectivity index (χ3v) is 6.78. The van der Waals surface area contributed by atoms with E-state index in [9.17, 15) is 9.36 Å². The van der Waals surface area contributed by atoms with E-state index < -0.39 is 7.82 Å². The molecule has 0 saturated heterocycles. The van der Waals surface area contributed by atoms with Crippen LogP contribution in [-0.4, -0.2) is 58.4 Å². The van der Waals surface area contributed by atoms with Crippen molar-refractivity contribution in [2.24, 2.45) is 0 Å². The van der Waals surface area contributed by atoms with E-state index in [1.54, 1.807) is 0 Å². The van der Waals surface area contributed by atoms with E-state index in [4.69, 9.17) is 18.3 Å². The molecule has 0 aliphatic carbocycles. The summed E-state index contributed by atoms with van der Waals surface area (Å²) in [7, 11) is 1.69. The number of phosphoric ester groups is 1. The zero-order valence-corrected chi connectivity index (χ0v) is 23.8. The van der Waals surface area contributed by atoms with Crippen LogP contribution in [0.15, 0.2) is 24.3 Å². The van der Waals surface area contributed by atoms with Crippen LogP contribution in [-0.2, 0) is 27.7 Å². The van der Waals surface area contributed by atoms with Crippen molar-refractivity contribution < 1.29 is 27.7 Å². The molecule has 0 heterocycles. The van der Waals surface area contributed by atoms with Gasteiger partial charge in [0.05, 0.1) is 19.8 Å². The van der Waals surface area contributed by atoms with Gasteiger partial charge in [-0.25, -0.2) is 4.57 Å². The van der Waals surface area contributed by atoms with Crippen molar-refractivity contribution in [1.82, 2.24) is 4.90 Å². The van der Waals surface area contributed by atoms with Crippen LogP contribution in [0.4, 0.5) is 0 Å². The molecule has 7 nitrogen and oxygen atoms in total. The van der Waals surface area contributed by atoms with E-state index in [1.807, 2.05) is 19.0 Å². The number of phosphoric acid groups is 1. The molecule has 0 bridgehead atoms. The number of unbranched alkanes of at least 4 members (excludes halogenated alkanes) is 8. The lowest BCUT2D eigenvalue weighted by atomic mass is 10.1. The molecule has 0 saturated carbocycles. The van der Waals surface area contributed by atoms with Crippen molar-refractivity contribution >= 4 is 13.8 Å². The first-order valence-corrected chi connectivity index (χ1v) is 14.9. The monoisotopic (exact) mass is 517 g/mol. The Kier molecular flexibility index (Phi) is 24.0. The predicted molar refractivity (Wildman–Crippen MR) is 145 cm³/mol. The minimum atomic E-state index is -3.54. The number of nitrogens with zero attached hydrogens (tertiary/aromatic N) is 1. The first-order valence-electron chi connectivity index (χ1n) is 13.5. The fourth-order valence-corrected chi connectivity index (χ4v) is 4.29. The second kappa shape index (κ2) is 24.7. The molecule has 1 unspecified atom stereocenters. The van der Waals surface area contributed by atoms with Crippen LogP contribution in [0.25, 0.3) is 0 Å². The SMILES string of the molecule is CC/C=C\CCCC/C=C\CCCCCCCC(=O)OCCCOP(=O)(OC)OCCCN(C)C. The van der Waals surface area contributed by atoms with Crippen molar-refractivity contribution in [3.63, 3.8) is 0 Å². The van der Waals surface area contributed by atoms with Crippen LogP contribution < -0.4 is 0 Å². The Balaban J connectivity index is 3.53. The maximum absolute atomic E-state index is 12.3. The average molecular weight is 518 g/mol. The van der Waals surface area contributed by atoms with Crippen molar-refractivity contribution in [2.45, 2.75) is 96.8 Å². The molecular formula is C27H52NO6P. The smallest absolute Gasteiger partial charge is 0.466 e. The molecule has 0 aromatic carbocycles. The minimum absolute atomic E-state index is 0.150. The Hall–Kier alpha value is -0.980. The Labute approximate surface area is 215 Å². The van der Waals surface area contributed by atoms with Crippen LogP contribution in [0.3, 0.4) is 0 Å². The number of allylic oxidation sites excluding steroid dienone is 4. The maximum atomic E-state index is 12.3. The lowest BCUT2D eigenvalue weighted by Gasteiger charge is -2.16. The summed E-state index contributed by atoms with van der Waals surface area (Å²) in [6.45, 7) is 3.69. The minimum Gasteiger partial charge on any atom is -0.466 e. The number of rotatable bonds is 25. The van der Waals surface area contributed by atoms with E-state index in [0.717, 1.165) is 45.1 Å². The summed E-state index contributed by atoms with van der Waals surface area (Å²) in [6.07, 6.45) is 23.5. The van der Waals surface area contributed by atoms with Crippen molar-refractivity contribution in [1.29, 1.82) is 0 Å². The second-order valence-corrected chi connectivity index (χ2v) is 10.7. The van der Waals surface area contributed by atoms with Crippen molar-refractivity contribution in [3.05, 3.63) is 24.3 Å². The second-order valence-electron chi connectivity index (χ2n) is 8.97. The molecule has 0 aromatic heterocycles. The van der Waals surface area contributed by atoms with E-state index in [-0.39, 0.29) is 19.2 Å². The largest absolute Gasteiger partial charge is 0.474 e. The van der Waals surface area contributed by atoms with Gasteiger partial charge >= 0.3 is 13.8 Å². The highest BCUT2D eigenvalue weighted by molar-refractivity contribution is 7.48. The molecule has 206 valence electrons. The van der Waals surface area contributed by atoms with Crippen LogP contribution in [0.5, 0.6) is 0 Å². The molecule has 0 aliphatic heterocycles. The van der Waals surface area contributed by atoms with Crippen LogP contribution in [0.2, 0.25) is 0 Å². The van der Waals surface area contributed by atoms with Gasteiger partial charge in [-0.2, -0.15) is 0 Å². The van der Waals surface area contributed by atoms with E-state index >= 15 is 0 Å². The Morgan fingerprint density at radius 3 is 1.89 bits per heavy atom. The predicted octanol–water partition coefficient (Wildman–Crippen LogP) is 7.47. The number of hydrogen-bond acceptors (Lipinski definition) is 7. The van der Waals surface area contributed by atoms with Crippen LogP contribution >= 0.6 is 7.82 Å². The number of hydrogen-bond donors (Lipinski definition) is 0. The summed E-state index contributed by atoms with van der Waals surface area (Å²) < 4.78 is 32.9. The molecule has 0 spiro atoms. The molecule has 0 fully saturated rings. The lowest BCUT2D eigenvalue weighted by Crippen LogP contribution is -2.15. The van der Waals surface area contributed by atoms with Gasteiger partial charge in [-0.15, -0.1) is 0 Å². The highest BCUT2D eigenvalue weighted by Gasteiger charge is 2.24. The zero-order valence-electron chi connectivity index (χ0n) is 22.9. The number of ether oxygens (including phenoxy) is 1. The van der Waals surface area contributed by atoms with Crippen molar-refractivity contribution in [3.8, 4) is 0 Å². The molecule has 0 rings (SSSR count). The van der Waals surface area contributed by atoms with Gasteiger partial charge < -0.3 is 9.64 Å². The van der Waals surface area contributed by atoms with Crippen molar-refractivity contribution in [2.75, 3.05) is 47.6 Å². The normalized spacial score (nSPS) is 13.7. The highest BCUT2D eigenvalue weighted by Crippen LogP contribution is 2.48. The summed E-state index contributed by atoms with van der Waals surface area (Å²) in [5.41, 5.74) is 0. The maximum Gasteiger partial charge on any atom is 0.474 e. The Morgan fingerprint density at radius 2 is 1.29 bits per heavy atom.